The summed E-state index contributed by atoms with van der Waals surface area (Å²) in [6.07, 6.45) is 3.67. The van der Waals surface area contributed by atoms with E-state index in [-0.39, 0.29) is 0 Å². The molecule has 0 saturated carbocycles. The third-order valence-electron chi connectivity index (χ3n) is 2.73. The van der Waals surface area contributed by atoms with Gasteiger partial charge in [0.15, 0.2) is 0 Å². The Morgan fingerprint density at radius 2 is 2.00 bits per heavy atom. The molecule has 2 aromatic heterocycles. The molecule has 0 spiro atoms. The van der Waals surface area contributed by atoms with Gasteiger partial charge in [0.05, 0.1) is 6.54 Å². The first-order valence-corrected chi connectivity index (χ1v) is 5.63. The van der Waals surface area contributed by atoms with Crippen molar-refractivity contribution >= 4 is 11.6 Å². The van der Waals surface area contributed by atoms with Crippen molar-refractivity contribution < 1.29 is 0 Å². The Labute approximate surface area is 105 Å². The average Bonchev–Trinajstić information content (AvgIpc) is 2.75. The number of nitrogens with zero attached hydrogens (tertiary/aromatic N) is 4. The van der Waals surface area contributed by atoms with E-state index in [0.29, 0.717) is 18.2 Å². The molecule has 0 fully saturated rings. The minimum absolute atomic E-state index is 0.602. The van der Waals surface area contributed by atoms with Gasteiger partial charge in [0.2, 0.25) is 0 Å². The zero-order valence-electron chi connectivity index (χ0n) is 10.7. The smallest absolute Gasteiger partial charge is 0.148 e. The molecule has 0 aliphatic rings. The molecule has 7 nitrogen and oxygen atoms in total. The maximum absolute atomic E-state index is 5.42. The Morgan fingerprint density at radius 1 is 1.28 bits per heavy atom. The van der Waals surface area contributed by atoms with Crippen molar-refractivity contribution in [1.82, 2.24) is 19.5 Å². The Kier molecular flexibility index (Phi) is 3.42. The van der Waals surface area contributed by atoms with Gasteiger partial charge in [0.1, 0.15) is 23.3 Å². The van der Waals surface area contributed by atoms with Crippen LogP contribution >= 0.6 is 0 Å². The average molecular weight is 247 g/mol. The van der Waals surface area contributed by atoms with Crippen molar-refractivity contribution in [2.24, 2.45) is 12.9 Å². The molecule has 2 rings (SSSR count). The zero-order chi connectivity index (χ0) is 13.1. The molecule has 18 heavy (non-hydrogen) atoms. The topological polar surface area (TPSA) is 93.7 Å². The van der Waals surface area contributed by atoms with Gasteiger partial charge in [-0.3, -0.25) is 0 Å². The van der Waals surface area contributed by atoms with Crippen LogP contribution in [0.2, 0.25) is 0 Å². The summed E-state index contributed by atoms with van der Waals surface area (Å²) in [5.74, 6) is 8.41. The molecule has 0 saturated heterocycles. The number of anilines is 2. The molecule has 4 N–H and O–H groups in total. The van der Waals surface area contributed by atoms with Crippen molar-refractivity contribution in [3.63, 3.8) is 0 Å². The molecule has 0 unspecified atom stereocenters. The summed E-state index contributed by atoms with van der Waals surface area (Å²) in [5, 5.41) is 3.24. The first kappa shape index (κ1) is 12.3. The van der Waals surface area contributed by atoms with E-state index >= 15 is 0 Å². The molecular formula is C11H17N7. The summed E-state index contributed by atoms with van der Waals surface area (Å²) < 4.78 is 1.96. The number of aromatic nitrogens is 4. The molecule has 0 amide bonds. The van der Waals surface area contributed by atoms with Gasteiger partial charge in [-0.1, -0.05) is 0 Å². The van der Waals surface area contributed by atoms with Crippen molar-refractivity contribution in [2.75, 3.05) is 10.7 Å². The molecule has 0 aromatic carbocycles. The van der Waals surface area contributed by atoms with E-state index in [1.807, 2.05) is 31.7 Å². The first-order chi connectivity index (χ1) is 8.61. The van der Waals surface area contributed by atoms with Crippen LogP contribution in [0.1, 0.15) is 17.2 Å². The molecular weight excluding hydrogens is 230 g/mol. The van der Waals surface area contributed by atoms with Crippen LogP contribution in [0.5, 0.6) is 0 Å². The number of nitrogens with two attached hydrogens (primary N) is 1. The second kappa shape index (κ2) is 5.01. The molecule has 2 aromatic rings. The van der Waals surface area contributed by atoms with Gasteiger partial charge < -0.3 is 15.3 Å². The maximum Gasteiger partial charge on any atom is 0.148 e. The van der Waals surface area contributed by atoms with E-state index in [1.54, 1.807) is 6.20 Å². The quantitative estimate of drug-likeness (QED) is 0.544. The number of hydrazine groups is 1. The highest BCUT2D eigenvalue weighted by Crippen LogP contribution is 2.19. The number of rotatable bonds is 4. The number of hydrogen-bond acceptors (Lipinski definition) is 6. The number of nitrogen functional groups attached to an aromatic ring is 1. The Morgan fingerprint density at radius 3 is 2.61 bits per heavy atom. The molecule has 0 bridgehead atoms. The minimum atomic E-state index is 0.602. The summed E-state index contributed by atoms with van der Waals surface area (Å²) in [7, 11) is 1.95. The molecule has 0 atom stereocenters. The van der Waals surface area contributed by atoms with E-state index in [4.69, 9.17) is 5.84 Å². The van der Waals surface area contributed by atoms with Gasteiger partial charge in [-0.25, -0.2) is 20.8 Å². The van der Waals surface area contributed by atoms with Crippen LogP contribution in [-0.4, -0.2) is 19.5 Å². The Balaban J connectivity index is 2.19. The summed E-state index contributed by atoms with van der Waals surface area (Å²) in [5.41, 5.74) is 3.46. The van der Waals surface area contributed by atoms with Gasteiger partial charge in [-0.15, -0.1) is 0 Å². The van der Waals surface area contributed by atoms with Crippen molar-refractivity contribution in [2.45, 2.75) is 20.4 Å². The number of imidazole rings is 1. The summed E-state index contributed by atoms with van der Waals surface area (Å²) in [4.78, 5) is 12.8. The highest BCUT2D eigenvalue weighted by Gasteiger charge is 2.08. The largest absolute Gasteiger partial charge is 0.362 e. The van der Waals surface area contributed by atoms with Crippen molar-refractivity contribution in [3.8, 4) is 0 Å². The van der Waals surface area contributed by atoms with Gasteiger partial charge in [0.25, 0.3) is 0 Å². The minimum Gasteiger partial charge on any atom is -0.362 e. The SMILES string of the molecule is Cc1nc(NN)c(C)c(NCc2nccn2C)n1. The molecule has 0 aliphatic carbocycles. The monoisotopic (exact) mass is 247 g/mol. The molecule has 0 aliphatic heterocycles. The predicted octanol–water partition coefficient (Wildman–Crippen LogP) is 0.725. The van der Waals surface area contributed by atoms with Crippen molar-refractivity contribution in [1.29, 1.82) is 0 Å². The van der Waals surface area contributed by atoms with Gasteiger partial charge in [-0.2, -0.15) is 0 Å². The lowest BCUT2D eigenvalue weighted by molar-refractivity contribution is 0.809. The Hall–Kier alpha value is -2.15. The van der Waals surface area contributed by atoms with E-state index in [2.05, 4.69) is 25.7 Å². The van der Waals surface area contributed by atoms with E-state index in [1.165, 1.54) is 0 Å². The predicted molar refractivity (Wildman–Crippen MR) is 69.9 cm³/mol. The number of nitrogens with one attached hydrogen (secondary N) is 2. The second-order valence-corrected chi connectivity index (χ2v) is 4.05. The highest BCUT2D eigenvalue weighted by atomic mass is 15.3. The van der Waals surface area contributed by atoms with Gasteiger partial charge in [0, 0.05) is 25.0 Å². The highest BCUT2D eigenvalue weighted by molar-refractivity contribution is 5.56. The van der Waals surface area contributed by atoms with Crippen molar-refractivity contribution in [3.05, 3.63) is 29.6 Å². The number of hydrogen-bond donors (Lipinski definition) is 3. The van der Waals surface area contributed by atoms with Crippen LogP contribution in [0.4, 0.5) is 11.6 Å². The fourth-order valence-electron chi connectivity index (χ4n) is 1.67. The summed E-state index contributed by atoms with van der Waals surface area (Å²) >= 11 is 0. The van der Waals surface area contributed by atoms with Gasteiger partial charge >= 0.3 is 0 Å². The Bertz CT molecular complexity index is 546. The normalized spacial score (nSPS) is 10.4. The first-order valence-electron chi connectivity index (χ1n) is 5.63. The van der Waals surface area contributed by atoms with E-state index in [9.17, 15) is 0 Å². The fourth-order valence-corrected chi connectivity index (χ4v) is 1.67. The zero-order valence-corrected chi connectivity index (χ0v) is 10.7. The number of aryl methyl sites for hydroxylation is 2. The van der Waals surface area contributed by atoms with E-state index in [0.717, 1.165) is 17.2 Å². The lowest BCUT2D eigenvalue weighted by Crippen LogP contribution is -2.14. The lowest BCUT2D eigenvalue weighted by Gasteiger charge is -2.12. The maximum atomic E-state index is 5.42. The van der Waals surface area contributed by atoms with Crippen LogP contribution in [0, 0.1) is 13.8 Å². The van der Waals surface area contributed by atoms with Crippen LogP contribution in [-0.2, 0) is 13.6 Å². The molecule has 2 heterocycles. The molecule has 0 radical (unpaired) electrons. The molecule has 7 heteroatoms. The van der Waals surface area contributed by atoms with Crippen LogP contribution < -0.4 is 16.6 Å². The van der Waals surface area contributed by atoms with Gasteiger partial charge in [-0.05, 0) is 13.8 Å². The van der Waals surface area contributed by atoms with Crippen LogP contribution in [0.3, 0.4) is 0 Å². The third-order valence-corrected chi connectivity index (χ3v) is 2.73. The summed E-state index contributed by atoms with van der Waals surface area (Å²) in [6, 6.07) is 0. The lowest BCUT2D eigenvalue weighted by atomic mass is 10.3. The molecule has 96 valence electrons. The second-order valence-electron chi connectivity index (χ2n) is 4.05. The summed E-state index contributed by atoms with van der Waals surface area (Å²) in [6.45, 7) is 4.34. The third kappa shape index (κ3) is 2.40. The van der Waals surface area contributed by atoms with Crippen LogP contribution in [0.15, 0.2) is 12.4 Å². The van der Waals surface area contributed by atoms with Crippen LogP contribution in [0.25, 0.3) is 0 Å². The fraction of sp³-hybridized carbons (Fsp3) is 0.364. The standard InChI is InChI=1S/C11H17N7/c1-7-10(15-8(2)16-11(7)17-12)14-6-9-13-4-5-18(9)3/h4-5H,6,12H2,1-3H3,(H2,14,15,16,17). The van der Waals surface area contributed by atoms with E-state index < -0.39 is 0 Å².